The highest BCUT2D eigenvalue weighted by atomic mass is 127. The fourth-order valence-corrected chi connectivity index (χ4v) is 3.19. The number of aromatic nitrogens is 5. The molecular weight excluding hydrogens is 431 g/mol. The highest BCUT2D eigenvalue weighted by molar-refractivity contribution is 14.0. The summed E-state index contributed by atoms with van der Waals surface area (Å²) in [5.74, 6) is 2.73. The molecule has 0 bridgehead atoms. The van der Waals surface area contributed by atoms with E-state index in [0.29, 0.717) is 12.6 Å². The summed E-state index contributed by atoms with van der Waals surface area (Å²) >= 11 is 0. The second-order valence-electron chi connectivity index (χ2n) is 6.34. The summed E-state index contributed by atoms with van der Waals surface area (Å²) < 4.78 is 3.91. The highest BCUT2D eigenvalue weighted by Crippen LogP contribution is 2.13. The molecule has 0 spiro atoms. The zero-order chi connectivity index (χ0) is 17.3. The van der Waals surface area contributed by atoms with Gasteiger partial charge in [-0.2, -0.15) is 10.2 Å². The molecule has 9 heteroatoms. The first kappa shape index (κ1) is 19.7. The van der Waals surface area contributed by atoms with Gasteiger partial charge >= 0.3 is 0 Å². The molecule has 0 aliphatic carbocycles. The molecule has 0 saturated heterocycles. The van der Waals surface area contributed by atoms with E-state index in [4.69, 9.17) is 0 Å². The summed E-state index contributed by atoms with van der Waals surface area (Å²) in [6.45, 7) is 7.60. The predicted molar refractivity (Wildman–Crippen MR) is 108 cm³/mol. The van der Waals surface area contributed by atoms with Crippen molar-refractivity contribution in [3.63, 3.8) is 0 Å². The van der Waals surface area contributed by atoms with Crippen molar-refractivity contribution in [2.45, 2.75) is 52.7 Å². The lowest BCUT2D eigenvalue weighted by Crippen LogP contribution is -2.46. The maximum Gasteiger partial charge on any atom is 0.191 e. The van der Waals surface area contributed by atoms with Crippen LogP contribution in [0.3, 0.4) is 0 Å². The Kier molecular flexibility index (Phi) is 6.42. The van der Waals surface area contributed by atoms with Crippen molar-refractivity contribution < 1.29 is 0 Å². The van der Waals surface area contributed by atoms with Crippen molar-refractivity contribution in [1.82, 2.24) is 35.2 Å². The van der Waals surface area contributed by atoms with Gasteiger partial charge in [0.25, 0.3) is 0 Å². The zero-order valence-corrected chi connectivity index (χ0v) is 17.8. The van der Waals surface area contributed by atoms with Gasteiger partial charge in [-0.15, -0.1) is 24.0 Å². The summed E-state index contributed by atoms with van der Waals surface area (Å²) in [7, 11) is 3.77. The molecule has 2 aromatic rings. The minimum Gasteiger partial charge on any atom is -0.352 e. The van der Waals surface area contributed by atoms with E-state index in [1.807, 2.05) is 30.3 Å². The fraction of sp³-hybridized carbons (Fsp3) is 0.625. The maximum atomic E-state index is 4.46. The average Bonchev–Trinajstić information content (AvgIpc) is 3.03. The summed E-state index contributed by atoms with van der Waals surface area (Å²) in [6, 6.07) is 0.306. The van der Waals surface area contributed by atoms with Crippen LogP contribution in [-0.4, -0.2) is 43.6 Å². The molecule has 2 aromatic heterocycles. The number of halogens is 1. The van der Waals surface area contributed by atoms with Crippen LogP contribution >= 0.6 is 24.0 Å². The van der Waals surface area contributed by atoms with Gasteiger partial charge in [0.15, 0.2) is 5.96 Å². The SMILES string of the molecule is CN=C(NCc1c(C)nn(C)c1C)NC1CCc2nc(C)nn2C1.I. The van der Waals surface area contributed by atoms with E-state index >= 15 is 0 Å². The van der Waals surface area contributed by atoms with Gasteiger partial charge < -0.3 is 10.6 Å². The van der Waals surface area contributed by atoms with Gasteiger partial charge in [-0.3, -0.25) is 9.67 Å². The van der Waals surface area contributed by atoms with E-state index in [1.165, 1.54) is 11.3 Å². The first-order valence-electron chi connectivity index (χ1n) is 8.34. The van der Waals surface area contributed by atoms with E-state index < -0.39 is 0 Å². The van der Waals surface area contributed by atoms with Crippen molar-refractivity contribution in [3.05, 3.63) is 28.6 Å². The number of rotatable bonds is 3. The molecule has 1 unspecified atom stereocenters. The molecule has 0 amide bonds. The van der Waals surface area contributed by atoms with Crippen LogP contribution in [0, 0.1) is 20.8 Å². The Morgan fingerprint density at radius 2 is 2.04 bits per heavy atom. The molecular formula is C16H27IN8. The van der Waals surface area contributed by atoms with Crippen molar-refractivity contribution in [2.24, 2.45) is 12.0 Å². The van der Waals surface area contributed by atoms with Crippen molar-refractivity contribution in [1.29, 1.82) is 0 Å². The number of guanidine groups is 1. The quantitative estimate of drug-likeness (QED) is 0.411. The third-order valence-corrected chi connectivity index (χ3v) is 4.62. The van der Waals surface area contributed by atoms with Crippen molar-refractivity contribution >= 4 is 29.9 Å². The number of hydrogen-bond acceptors (Lipinski definition) is 4. The van der Waals surface area contributed by atoms with Gasteiger partial charge in [0.2, 0.25) is 0 Å². The molecule has 1 aliphatic rings. The summed E-state index contributed by atoms with van der Waals surface area (Å²) in [6.07, 6.45) is 1.97. The van der Waals surface area contributed by atoms with Gasteiger partial charge in [0, 0.05) is 44.4 Å². The smallest absolute Gasteiger partial charge is 0.191 e. The molecule has 0 radical (unpaired) electrons. The molecule has 2 N–H and O–H groups in total. The summed E-state index contributed by atoms with van der Waals surface area (Å²) in [5, 5.41) is 15.8. The molecule has 1 aliphatic heterocycles. The Labute approximate surface area is 165 Å². The second kappa shape index (κ2) is 8.15. The monoisotopic (exact) mass is 458 g/mol. The third kappa shape index (κ3) is 4.31. The minimum absolute atomic E-state index is 0. The molecule has 0 saturated carbocycles. The fourth-order valence-electron chi connectivity index (χ4n) is 3.19. The van der Waals surface area contributed by atoms with Crippen molar-refractivity contribution in [3.8, 4) is 0 Å². The van der Waals surface area contributed by atoms with E-state index in [-0.39, 0.29) is 24.0 Å². The van der Waals surface area contributed by atoms with Gasteiger partial charge in [-0.05, 0) is 27.2 Å². The van der Waals surface area contributed by atoms with Crippen LogP contribution in [0.5, 0.6) is 0 Å². The van der Waals surface area contributed by atoms with Crippen LogP contribution in [0.4, 0.5) is 0 Å². The Morgan fingerprint density at radius 3 is 2.68 bits per heavy atom. The number of nitrogens with one attached hydrogen (secondary N) is 2. The lowest BCUT2D eigenvalue weighted by atomic mass is 10.1. The van der Waals surface area contributed by atoms with E-state index in [2.05, 4.69) is 37.7 Å². The number of hydrogen-bond donors (Lipinski definition) is 2. The van der Waals surface area contributed by atoms with Gasteiger partial charge in [-0.25, -0.2) is 9.67 Å². The number of fused-ring (bicyclic) bond motifs is 1. The van der Waals surface area contributed by atoms with Gasteiger partial charge in [0.1, 0.15) is 11.6 Å². The Morgan fingerprint density at radius 1 is 1.28 bits per heavy atom. The number of aryl methyl sites for hydroxylation is 4. The van der Waals surface area contributed by atoms with Crippen LogP contribution in [0.1, 0.15) is 35.0 Å². The largest absolute Gasteiger partial charge is 0.352 e. The highest BCUT2D eigenvalue weighted by Gasteiger charge is 2.21. The molecule has 25 heavy (non-hydrogen) atoms. The summed E-state index contributed by atoms with van der Waals surface area (Å²) in [5.41, 5.74) is 3.45. The molecule has 3 heterocycles. The summed E-state index contributed by atoms with van der Waals surface area (Å²) in [4.78, 5) is 8.80. The zero-order valence-electron chi connectivity index (χ0n) is 15.5. The predicted octanol–water partition coefficient (Wildman–Crippen LogP) is 1.23. The third-order valence-electron chi connectivity index (χ3n) is 4.62. The van der Waals surface area contributed by atoms with Crippen LogP contribution in [0.15, 0.2) is 4.99 Å². The van der Waals surface area contributed by atoms with Crippen LogP contribution < -0.4 is 10.6 Å². The molecule has 8 nitrogen and oxygen atoms in total. The van der Waals surface area contributed by atoms with Crippen LogP contribution in [0.2, 0.25) is 0 Å². The second-order valence-corrected chi connectivity index (χ2v) is 6.34. The van der Waals surface area contributed by atoms with Gasteiger partial charge in [-0.1, -0.05) is 0 Å². The van der Waals surface area contributed by atoms with Crippen molar-refractivity contribution in [2.75, 3.05) is 7.05 Å². The molecule has 0 aromatic carbocycles. The van der Waals surface area contributed by atoms with E-state index in [1.54, 1.807) is 7.05 Å². The first-order valence-corrected chi connectivity index (χ1v) is 8.34. The minimum atomic E-state index is 0. The van der Waals surface area contributed by atoms with E-state index in [0.717, 1.165) is 42.7 Å². The molecule has 0 fully saturated rings. The molecule has 1 atom stereocenters. The normalized spacial score (nSPS) is 17.0. The standard InChI is InChI=1S/C16H26N8.HI/c1-10-14(11(2)23(5)21-10)8-18-16(17-4)20-13-6-7-15-19-12(3)22-24(15)9-13;/h13H,6-9H2,1-5H3,(H2,17,18,20);1H. The Balaban J connectivity index is 0.00000225. The lowest BCUT2D eigenvalue weighted by molar-refractivity contribution is 0.392. The first-order chi connectivity index (χ1) is 11.5. The van der Waals surface area contributed by atoms with E-state index in [9.17, 15) is 0 Å². The Bertz CT molecular complexity index is 761. The number of nitrogens with zero attached hydrogens (tertiary/aromatic N) is 6. The maximum absolute atomic E-state index is 4.46. The Hall–Kier alpha value is -1.65. The van der Waals surface area contributed by atoms with Gasteiger partial charge in [0.05, 0.1) is 12.2 Å². The molecule has 138 valence electrons. The average molecular weight is 458 g/mol. The van der Waals surface area contributed by atoms with Crippen LogP contribution in [0.25, 0.3) is 0 Å². The number of aliphatic imine (C=N–C) groups is 1. The van der Waals surface area contributed by atoms with Crippen LogP contribution in [-0.2, 0) is 26.6 Å². The molecule has 3 rings (SSSR count). The lowest BCUT2D eigenvalue weighted by Gasteiger charge is -2.25. The topological polar surface area (TPSA) is 84.9 Å².